The Bertz CT molecular complexity index is 966. The van der Waals surface area contributed by atoms with Gasteiger partial charge in [-0.3, -0.25) is 14.5 Å². The zero-order chi connectivity index (χ0) is 21.7. The van der Waals surface area contributed by atoms with Crippen molar-refractivity contribution in [2.24, 2.45) is 0 Å². The summed E-state index contributed by atoms with van der Waals surface area (Å²) in [4.78, 5) is 30.7. The van der Waals surface area contributed by atoms with Crippen molar-refractivity contribution in [3.8, 4) is 17.2 Å². The van der Waals surface area contributed by atoms with E-state index in [-0.39, 0.29) is 24.8 Å². The van der Waals surface area contributed by atoms with Gasteiger partial charge in [0.25, 0.3) is 5.91 Å². The van der Waals surface area contributed by atoms with Crippen molar-refractivity contribution >= 4 is 62.7 Å². The predicted molar refractivity (Wildman–Crippen MR) is 121 cm³/mol. The number of anilines is 1. The molecule has 11 heteroatoms. The van der Waals surface area contributed by atoms with E-state index in [1.165, 1.54) is 49.3 Å². The van der Waals surface area contributed by atoms with Gasteiger partial charge in [-0.25, -0.2) is 4.98 Å². The fourth-order valence-corrected chi connectivity index (χ4v) is 4.56. The minimum Gasteiger partial charge on any atom is -0.493 e. The van der Waals surface area contributed by atoms with Crippen LogP contribution in [0.15, 0.2) is 28.6 Å². The molecule has 1 saturated heterocycles. The maximum Gasteiger partial charge on any atom is 0.266 e. The molecule has 0 aliphatic carbocycles. The first-order valence-corrected chi connectivity index (χ1v) is 10.8. The molecule has 1 aromatic heterocycles. The molecule has 1 aliphatic heterocycles. The van der Waals surface area contributed by atoms with Crippen LogP contribution in [0, 0.1) is 0 Å². The van der Waals surface area contributed by atoms with E-state index in [1.54, 1.807) is 29.8 Å². The molecule has 2 heterocycles. The molecule has 1 N–H and O–H groups in total. The largest absolute Gasteiger partial charge is 0.493 e. The number of thioether (sulfide) groups is 1. The summed E-state index contributed by atoms with van der Waals surface area (Å²) in [5, 5.41) is 4.98. The highest BCUT2D eigenvalue weighted by Gasteiger charge is 2.32. The number of hydrogen-bond acceptors (Lipinski definition) is 9. The number of ether oxygens (including phenoxy) is 3. The number of thiocarbonyl (C=S) groups is 1. The van der Waals surface area contributed by atoms with E-state index in [1.807, 2.05) is 0 Å². The lowest BCUT2D eigenvalue weighted by atomic mass is 10.1. The van der Waals surface area contributed by atoms with Crippen LogP contribution in [0.5, 0.6) is 17.2 Å². The van der Waals surface area contributed by atoms with E-state index in [9.17, 15) is 9.59 Å². The molecule has 0 spiro atoms. The van der Waals surface area contributed by atoms with Crippen LogP contribution in [0.3, 0.4) is 0 Å². The molecule has 3 rings (SSSR count). The molecule has 8 nitrogen and oxygen atoms in total. The fourth-order valence-electron chi connectivity index (χ4n) is 2.71. The molecule has 1 fully saturated rings. The Morgan fingerprint density at radius 1 is 1.23 bits per heavy atom. The lowest BCUT2D eigenvalue weighted by Gasteiger charge is -2.14. The zero-order valence-electron chi connectivity index (χ0n) is 16.5. The molecule has 0 bridgehead atoms. The standard InChI is InChI=1S/C19H19N3O5S3/c1-25-12-8-11(9-13(26-2)16(12)27-3)10-14-17(24)22(19(28)30-14)6-4-15(23)21-18-20-5-7-29-18/h5,7-10H,4,6H2,1-3H3,(H,20,21,23). The summed E-state index contributed by atoms with van der Waals surface area (Å²) in [6.07, 6.45) is 3.43. The quantitative estimate of drug-likeness (QED) is 0.469. The Morgan fingerprint density at radius 3 is 2.50 bits per heavy atom. The van der Waals surface area contributed by atoms with Crippen LogP contribution < -0.4 is 19.5 Å². The third-order valence-corrected chi connectivity index (χ3v) is 6.17. The molecule has 0 atom stereocenters. The van der Waals surface area contributed by atoms with Gasteiger partial charge in [0.15, 0.2) is 16.6 Å². The Balaban J connectivity index is 1.72. The van der Waals surface area contributed by atoms with Gasteiger partial charge < -0.3 is 19.5 Å². The van der Waals surface area contributed by atoms with Crippen molar-refractivity contribution < 1.29 is 23.8 Å². The molecule has 0 radical (unpaired) electrons. The second kappa shape index (κ2) is 9.92. The number of carbonyl (C=O) groups excluding carboxylic acids is 2. The van der Waals surface area contributed by atoms with Gasteiger partial charge in [-0.2, -0.15) is 0 Å². The Morgan fingerprint density at radius 2 is 1.93 bits per heavy atom. The summed E-state index contributed by atoms with van der Waals surface area (Å²) >= 11 is 7.84. The van der Waals surface area contributed by atoms with Crippen molar-refractivity contribution in [1.82, 2.24) is 9.88 Å². The minimum absolute atomic E-state index is 0.115. The van der Waals surface area contributed by atoms with Gasteiger partial charge in [0.05, 0.1) is 26.2 Å². The van der Waals surface area contributed by atoms with Crippen LogP contribution in [-0.4, -0.2) is 53.9 Å². The number of nitrogens with zero attached hydrogens (tertiary/aromatic N) is 2. The molecule has 1 aliphatic rings. The molecule has 30 heavy (non-hydrogen) atoms. The lowest BCUT2D eigenvalue weighted by molar-refractivity contribution is -0.122. The third kappa shape index (κ3) is 4.91. The van der Waals surface area contributed by atoms with Crippen molar-refractivity contribution in [3.63, 3.8) is 0 Å². The van der Waals surface area contributed by atoms with Crippen LogP contribution in [0.1, 0.15) is 12.0 Å². The van der Waals surface area contributed by atoms with Gasteiger partial charge in [-0.15, -0.1) is 11.3 Å². The predicted octanol–water partition coefficient (Wildman–Crippen LogP) is 3.40. The number of thiazole rings is 1. The highest BCUT2D eigenvalue weighted by Crippen LogP contribution is 2.40. The second-order valence-corrected chi connectivity index (χ2v) is 8.50. The average molecular weight is 466 g/mol. The van der Waals surface area contributed by atoms with Crippen molar-refractivity contribution in [2.45, 2.75) is 6.42 Å². The van der Waals surface area contributed by atoms with Crippen LogP contribution >= 0.6 is 35.3 Å². The summed E-state index contributed by atoms with van der Waals surface area (Å²) < 4.78 is 16.4. The first-order valence-electron chi connectivity index (χ1n) is 8.71. The summed E-state index contributed by atoms with van der Waals surface area (Å²) in [6.45, 7) is 0.189. The monoisotopic (exact) mass is 465 g/mol. The van der Waals surface area contributed by atoms with E-state index in [4.69, 9.17) is 26.4 Å². The summed E-state index contributed by atoms with van der Waals surface area (Å²) in [7, 11) is 4.57. The van der Waals surface area contributed by atoms with Crippen molar-refractivity contribution in [1.29, 1.82) is 0 Å². The van der Waals surface area contributed by atoms with Gasteiger partial charge in [0.1, 0.15) is 4.32 Å². The highest BCUT2D eigenvalue weighted by molar-refractivity contribution is 8.26. The molecule has 2 amide bonds. The molecular formula is C19H19N3O5S3. The average Bonchev–Trinajstić information content (AvgIpc) is 3.33. The normalized spacial score (nSPS) is 14.9. The van der Waals surface area contributed by atoms with Gasteiger partial charge in [0, 0.05) is 24.5 Å². The van der Waals surface area contributed by atoms with Gasteiger partial charge in [-0.1, -0.05) is 24.0 Å². The summed E-state index contributed by atoms with van der Waals surface area (Å²) in [5.41, 5.74) is 0.700. The van der Waals surface area contributed by atoms with E-state index < -0.39 is 0 Å². The van der Waals surface area contributed by atoms with Gasteiger partial charge >= 0.3 is 0 Å². The smallest absolute Gasteiger partial charge is 0.266 e. The maximum atomic E-state index is 12.8. The molecule has 2 aromatic rings. The SMILES string of the molecule is COc1cc(C=C2SC(=S)N(CCC(=O)Nc3nccs3)C2=O)cc(OC)c1OC. The molecular weight excluding hydrogens is 446 g/mol. The Hall–Kier alpha value is -2.63. The van der Waals surface area contributed by atoms with Crippen LogP contribution in [-0.2, 0) is 9.59 Å². The van der Waals surface area contributed by atoms with E-state index in [0.29, 0.717) is 37.2 Å². The minimum atomic E-state index is -0.249. The lowest BCUT2D eigenvalue weighted by Crippen LogP contribution is -2.31. The number of amides is 2. The Labute approximate surface area is 187 Å². The van der Waals surface area contributed by atoms with Crippen LogP contribution in [0.2, 0.25) is 0 Å². The molecule has 0 saturated carbocycles. The summed E-state index contributed by atoms with van der Waals surface area (Å²) in [6, 6.07) is 3.49. The molecule has 158 valence electrons. The highest BCUT2D eigenvalue weighted by atomic mass is 32.2. The second-order valence-electron chi connectivity index (χ2n) is 5.93. The van der Waals surface area contributed by atoms with Gasteiger partial charge in [-0.05, 0) is 23.8 Å². The zero-order valence-corrected chi connectivity index (χ0v) is 18.9. The van der Waals surface area contributed by atoms with Crippen molar-refractivity contribution in [3.05, 3.63) is 34.2 Å². The number of carbonyl (C=O) groups is 2. The van der Waals surface area contributed by atoms with Crippen LogP contribution in [0.25, 0.3) is 6.08 Å². The number of aromatic nitrogens is 1. The topological polar surface area (TPSA) is 90.0 Å². The fraction of sp³-hybridized carbons (Fsp3) is 0.263. The summed E-state index contributed by atoms with van der Waals surface area (Å²) in [5.74, 6) is 0.958. The number of hydrogen-bond donors (Lipinski definition) is 1. The molecule has 0 unspecified atom stereocenters. The van der Waals surface area contributed by atoms with Crippen molar-refractivity contribution in [2.75, 3.05) is 33.2 Å². The molecule has 1 aromatic carbocycles. The van der Waals surface area contributed by atoms with Crippen LogP contribution in [0.4, 0.5) is 5.13 Å². The first kappa shape index (κ1) is 22.1. The number of nitrogens with one attached hydrogen (secondary N) is 1. The maximum absolute atomic E-state index is 12.8. The number of benzene rings is 1. The third-order valence-electron chi connectivity index (χ3n) is 4.10. The first-order chi connectivity index (χ1) is 14.5. The van der Waals surface area contributed by atoms with E-state index in [2.05, 4.69) is 10.3 Å². The van der Waals surface area contributed by atoms with E-state index in [0.717, 1.165) is 0 Å². The Kier molecular flexibility index (Phi) is 7.29. The number of rotatable bonds is 8. The number of methoxy groups -OCH3 is 3. The van der Waals surface area contributed by atoms with E-state index >= 15 is 0 Å². The van der Waals surface area contributed by atoms with Gasteiger partial charge in [0.2, 0.25) is 11.7 Å².